The standard InChI is InChI=1S/C3H5I2O2/c1-2-7-3(6)5-4/h2H2,1H3/q-1. The van der Waals surface area contributed by atoms with Crippen LogP contribution in [0.5, 0.6) is 0 Å². The molecule has 0 heterocycles. The summed E-state index contributed by atoms with van der Waals surface area (Å²) in [5.74, 6) is 0. The summed E-state index contributed by atoms with van der Waals surface area (Å²) in [4.78, 5) is 10.2. The molecule has 7 heavy (non-hydrogen) atoms. The Bertz CT molecular complexity index is 64.0. The average Bonchev–Trinajstić information content (AvgIpc) is 1.68. The Morgan fingerprint density at radius 2 is 2.57 bits per heavy atom. The number of ether oxygens (including phenoxy) is 1. The van der Waals surface area contributed by atoms with Gasteiger partial charge in [-0.3, -0.25) is 0 Å². The van der Waals surface area contributed by atoms with Gasteiger partial charge in [-0.05, 0) is 0 Å². The predicted molar refractivity (Wildman–Crippen MR) is 31.0 cm³/mol. The maximum atomic E-state index is 10.2. The van der Waals surface area contributed by atoms with Gasteiger partial charge in [0.15, 0.2) is 0 Å². The van der Waals surface area contributed by atoms with Gasteiger partial charge in [0.2, 0.25) is 0 Å². The van der Waals surface area contributed by atoms with E-state index in [0.717, 1.165) is 0 Å². The van der Waals surface area contributed by atoms with Crippen LogP contribution in [0.1, 0.15) is 6.92 Å². The van der Waals surface area contributed by atoms with Gasteiger partial charge < -0.3 is 0 Å². The Hall–Kier alpha value is 0.930. The zero-order valence-electron chi connectivity index (χ0n) is 3.78. The molecule has 0 aromatic rings. The fourth-order valence-corrected chi connectivity index (χ4v) is 1.35. The quantitative estimate of drug-likeness (QED) is 0.460. The summed E-state index contributed by atoms with van der Waals surface area (Å²) in [5.41, 5.74) is 0. The molecule has 0 bridgehead atoms. The van der Waals surface area contributed by atoms with Crippen molar-refractivity contribution in [3.05, 3.63) is 0 Å². The molecule has 0 spiro atoms. The second kappa shape index (κ2) is 5.07. The Morgan fingerprint density at radius 3 is 2.71 bits per heavy atom. The van der Waals surface area contributed by atoms with Crippen LogP contribution < -0.4 is 17.2 Å². The van der Waals surface area contributed by atoms with Crippen LogP contribution in [0.25, 0.3) is 0 Å². The van der Waals surface area contributed by atoms with Crippen LogP contribution in [0.4, 0.5) is 4.79 Å². The molecule has 0 radical (unpaired) electrons. The molecule has 0 rings (SSSR count). The monoisotopic (exact) mass is 327 g/mol. The molecule has 0 saturated heterocycles. The SMILES string of the molecule is CCOC(=O)[I-]I. The molecule has 0 unspecified atom stereocenters. The van der Waals surface area contributed by atoms with Crippen LogP contribution in [0, 0.1) is 0 Å². The van der Waals surface area contributed by atoms with Gasteiger partial charge in [-0.1, -0.05) is 0 Å². The van der Waals surface area contributed by atoms with E-state index in [0.29, 0.717) is 6.61 Å². The summed E-state index contributed by atoms with van der Waals surface area (Å²) < 4.78 is 4.57. The molecule has 0 atom stereocenters. The van der Waals surface area contributed by atoms with E-state index in [1.54, 1.807) is 0 Å². The number of rotatable bonds is 2. The molecule has 2 nitrogen and oxygen atoms in total. The van der Waals surface area contributed by atoms with Crippen LogP contribution in [0.2, 0.25) is 0 Å². The van der Waals surface area contributed by atoms with E-state index in [9.17, 15) is 4.79 Å². The van der Waals surface area contributed by atoms with Gasteiger partial charge in [-0.15, -0.1) is 0 Å². The molecule has 0 aromatic carbocycles. The van der Waals surface area contributed by atoms with Gasteiger partial charge >= 0.3 is 62.9 Å². The second-order valence-electron chi connectivity index (χ2n) is 0.742. The number of hydrogen-bond donors (Lipinski definition) is 0. The Morgan fingerprint density at radius 1 is 2.00 bits per heavy atom. The van der Waals surface area contributed by atoms with E-state index in [1.807, 2.05) is 6.92 Å². The van der Waals surface area contributed by atoms with Crippen molar-refractivity contribution in [3.8, 4) is 0 Å². The van der Waals surface area contributed by atoms with Crippen molar-refractivity contribution < 1.29 is 26.8 Å². The minimum atomic E-state index is -0.353. The molecule has 0 fully saturated rings. The number of carbonyl (C=O) groups excluding carboxylic acids is 1. The van der Waals surface area contributed by atoms with Crippen LogP contribution in [0.3, 0.4) is 0 Å². The van der Waals surface area contributed by atoms with E-state index in [1.165, 1.54) is 0 Å². The third-order valence-corrected chi connectivity index (χ3v) is 3.19. The summed E-state index contributed by atoms with van der Waals surface area (Å²) in [6.07, 6.45) is 0. The van der Waals surface area contributed by atoms with Crippen molar-refractivity contribution in [3.63, 3.8) is 0 Å². The molecule has 0 amide bonds. The third kappa shape index (κ3) is 4.79. The molecule has 0 saturated carbocycles. The fourth-order valence-electron chi connectivity index (χ4n) is 0.134. The first-order valence-electron chi connectivity index (χ1n) is 1.74. The van der Waals surface area contributed by atoms with Gasteiger partial charge in [0.25, 0.3) is 0 Å². The van der Waals surface area contributed by atoms with Crippen LogP contribution in [-0.2, 0) is 4.74 Å². The summed E-state index contributed by atoms with van der Waals surface area (Å²) >= 11 is 1.72. The minimum absolute atomic E-state index is 0.0260. The summed E-state index contributed by atoms with van der Waals surface area (Å²) in [6, 6.07) is 0. The first-order chi connectivity index (χ1) is 3.31. The van der Waals surface area contributed by atoms with E-state index in [-0.39, 0.29) is 21.2 Å². The molecule has 0 N–H and O–H groups in total. The number of hydrogen-bond acceptors (Lipinski definition) is 2. The molecule has 0 aliphatic heterocycles. The Kier molecular flexibility index (Phi) is 5.75. The van der Waals surface area contributed by atoms with Crippen molar-refractivity contribution in [1.82, 2.24) is 0 Å². The summed E-state index contributed by atoms with van der Waals surface area (Å²) in [5, 5.41) is 0. The maximum absolute atomic E-state index is 10.2. The van der Waals surface area contributed by atoms with Gasteiger partial charge in [0, 0.05) is 0 Å². The summed E-state index contributed by atoms with van der Waals surface area (Å²) in [7, 11) is 0. The van der Waals surface area contributed by atoms with Crippen molar-refractivity contribution in [2.45, 2.75) is 6.92 Å². The molecule has 0 aromatic heterocycles. The van der Waals surface area contributed by atoms with E-state index in [2.05, 4.69) is 23.4 Å². The van der Waals surface area contributed by atoms with E-state index >= 15 is 0 Å². The normalized spacial score (nSPS) is 8.86. The van der Waals surface area contributed by atoms with Gasteiger partial charge in [0.05, 0.1) is 0 Å². The van der Waals surface area contributed by atoms with Crippen LogP contribution in [0.15, 0.2) is 0 Å². The zero-order chi connectivity index (χ0) is 5.70. The molecular weight excluding hydrogens is 322 g/mol. The molecular formula is C3H5I2O2-. The topological polar surface area (TPSA) is 26.3 Å². The van der Waals surface area contributed by atoms with Crippen LogP contribution >= 0.6 is 18.6 Å². The van der Waals surface area contributed by atoms with Crippen molar-refractivity contribution >= 4 is 22.6 Å². The van der Waals surface area contributed by atoms with Gasteiger partial charge in [-0.25, -0.2) is 0 Å². The van der Waals surface area contributed by atoms with E-state index < -0.39 is 0 Å². The molecule has 0 aliphatic rings. The predicted octanol–water partition coefficient (Wildman–Crippen LogP) is -1.42. The van der Waals surface area contributed by atoms with Gasteiger partial charge in [-0.2, -0.15) is 0 Å². The van der Waals surface area contributed by atoms with Crippen molar-refractivity contribution in [2.24, 2.45) is 0 Å². The average molecular weight is 327 g/mol. The van der Waals surface area contributed by atoms with Crippen molar-refractivity contribution in [2.75, 3.05) is 6.61 Å². The van der Waals surface area contributed by atoms with E-state index in [4.69, 9.17) is 0 Å². The third-order valence-electron chi connectivity index (χ3n) is 0.316. The number of halogens is 2. The fraction of sp³-hybridized carbons (Fsp3) is 0.667. The first-order valence-corrected chi connectivity index (χ1v) is 9.10. The Labute approximate surface area is 62.4 Å². The second-order valence-corrected chi connectivity index (χ2v) is 4.77. The Balaban J connectivity index is 3.00. The summed E-state index contributed by atoms with van der Waals surface area (Å²) in [6.45, 7) is 2.33. The van der Waals surface area contributed by atoms with Crippen LogP contribution in [-0.4, -0.2) is 10.6 Å². The first kappa shape index (κ1) is 7.93. The molecule has 44 valence electrons. The van der Waals surface area contributed by atoms with Crippen molar-refractivity contribution in [1.29, 1.82) is 0 Å². The number of carbonyl (C=O) groups is 1. The van der Waals surface area contributed by atoms with Gasteiger partial charge in [0.1, 0.15) is 0 Å². The molecule has 4 heteroatoms. The molecule has 0 aliphatic carbocycles. The zero-order valence-corrected chi connectivity index (χ0v) is 8.09.